The maximum absolute atomic E-state index is 12.3. The molecular formula is C17H17N3O3. The molecule has 118 valence electrons. The second kappa shape index (κ2) is 6.48. The van der Waals surface area contributed by atoms with Crippen LogP contribution in [0.3, 0.4) is 0 Å². The Morgan fingerprint density at radius 3 is 2.87 bits per heavy atom. The van der Waals surface area contributed by atoms with E-state index in [0.29, 0.717) is 23.7 Å². The van der Waals surface area contributed by atoms with E-state index in [1.807, 2.05) is 18.2 Å². The highest BCUT2D eigenvalue weighted by molar-refractivity contribution is 6.04. The van der Waals surface area contributed by atoms with E-state index in [0.717, 1.165) is 0 Å². The molecule has 2 aromatic rings. The zero-order chi connectivity index (χ0) is 16.2. The van der Waals surface area contributed by atoms with Crippen LogP contribution in [0.4, 0.5) is 11.4 Å². The summed E-state index contributed by atoms with van der Waals surface area (Å²) < 4.78 is 5.29. The molecule has 1 saturated heterocycles. The third-order valence-corrected chi connectivity index (χ3v) is 3.80. The van der Waals surface area contributed by atoms with Crippen LogP contribution in [0.5, 0.6) is 5.75 Å². The minimum absolute atomic E-state index is 0.0826. The largest absolute Gasteiger partial charge is 0.495 e. The van der Waals surface area contributed by atoms with Crippen molar-refractivity contribution in [2.24, 2.45) is 5.92 Å². The highest BCUT2D eigenvalue weighted by Crippen LogP contribution is 2.33. The molecule has 2 amide bonds. The molecule has 1 aliphatic heterocycles. The van der Waals surface area contributed by atoms with Crippen molar-refractivity contribution in [1.29, 1.82) is 0 Å². The van der Waals surface area contributed by atoms with Gasteiger partial charge in [0.25, 0.3) is 0 Å². The average molecular weight is 311 g/mol. The number of amides is 2. The quantitative estimate of drug-likeness (QED) is 0.938. The van der Waals surface area contributed by atoms with Crippen molar-refractivity contribution in [1.82, 2.24) is 4.98 Å². The molecule has 0 aliphatic carbocycles. The molecular weight excluding hydrogens is 294 g/mol. The molecule has 3 rings (SSSR count). The van der Waals surface area contributed by atoms with Gasteiger partial charge in [0.05, 0.1) is 30.6 Å². The Kier molecular flexibility index (Phi) is 4.23. The Balaban J connectivity index is 1.73. The van der Waals surface area contributed by atoms with Gasteiger partial charge >= 0.3 is 0 Å². The second-order valence-electron chi connectivity index (χ2n) is 5.31. The number of rotatable bonds is 4. The van der Waals surface area contributed by atoms with Crippen molar-refractivity contribution in [3.05, 3.63) is 48.8 Å². The standard InChI is InChI=1S/C17H17N3O3/c1-23-15-7-3-2-6-14(15)20-11-12(9-16(20)21)17(22)19-13-5-4-8-18-10-13/h2-8,10,12H,9,11H2,1H3,(H,19,22). The molecule has 1 aromatic carbocycles. The summed E-state index contributed by atoms with van der Waals surface area (Å²) in [5, 5.41) is 2.79. The zero-order valence-electron chi connectivity index (χ0n) is 12.7. The summed E-state index contributed by atoms with van der Waals surface area (Å²) in [5.41, 5.74) is 1.32. The van der Waals surface area contributed by atoms with Crippen LogP contribution in [0.2, 0.25) is 0 Å². The number of methoxy groups -OCH3 is 1. The predicted octanol–water partition coefficient (Wildman–Crippen LogP) is 2.08. The lowest BCUT2D eigenvalue weighted by Crippen LogP contribution is -2.28. The summed E-state index contributed by atoms with van der Waals surface area (Å²) in [7, 11) is 1.56. The van der Waals surface area contributed by atoms with Gasteiger partial charge in [-0.05, 0) is 24.3 Å². The number of hydrogen-bond acceptors (Lipinski definition) is 4. The first kappa shape index (κ1) is 15.0. The second-order valence-corrected chi connectivity index (χ2v) is 5.31. The third kappa shape index (κ3) is 3.15. The SMILES string of the molecule is COc1ccccc1N1CC(C(=O)Nc2cccnc2)CC1=O. The molecule has 1 fully saturated rings. The first-order chi connectivity index (χ1) is 11.2. The van der Waals surface area contributed by atoms with Crippen LogP contribution in [0, 0.1) is 5.92 Å². The van der Waals surface area contributed by atoms with Gasteiger partial charge in [0, 0.05) is 19.2 Å². The van der Waals surface area contributed by atoms with E-state index in [1.54, 1.807) is 42.6 Å². The molecule has 0 radical (unpaired) electrons. The molecule has 1 N–H and O–H groups in total. The van der Waals surface area contributed by atoms with Gasteiger partial charge in [-0.2, -0.15) is 0 Å². The minimum Gasteiger partial charge on any atom is -0.495 e. The molecule has 6 nitrogen and oxygen atoms in total. The van der Waals surface area contributed by atoms with Gasteiger partial charge in [-0.3, -0.25) is 14.6 Å². The monoisotopic (exact) mass is 311 g/mol. The fraction of sp³-hybridized carbons (Fsp3) is 0.235. The van der Waals surface area contributed by atoms with Gasteiger partial charge < -0.3 is 15.0 Å². The third-order valence-electron chi connectivity index (χ3n) is 3.80. The summed E-state index contributed by atoms with van der Waals surface area (Å²) >= 11 is 0. The summed E-state index contributed by atoms with van der Waals surface area (Å²) in [6.07, 6.45) is 3.40. The number of nitrogens with zero attached hydrogens (tertiary/aromatic N) is 2. The normalized spacial score (nSPS) is 17.2. The molecule has 1 unspecified atom stereocenters. The fourth-order valence-corrected chi connectivity index (χ4v) is 2.65. The van der Waals surface area contributed by atoms with Gasteiger partial charge in [-0.1, -0.05) is 12.1 Å². The molecule has 1 atom stereocenters. The molecule has 23 heavy (non-hydrogen) atoms. The van der Waals surface area contributed by atoms with Crippen molar-refractivity contribution in [3.8, 4) is 5.75 Å². The smallest absolute Gasteiger partial charge is 0.229 e. The van der Waals surface area contributed by atoms with Crippen LogP contribution in [0.25, 0.3) is 0 Å². The van der Waals surface area contributed by atoms with E-state index in [9.17, 15) is 9.59 Å². The Hall–Kier alpha value is -2.89. The number of carbonyl (C=O) groups excluding carboxylic acids is 2. The number of para-hydroxylation sites is 2. The Bertz CT molecular complexity index is 718. The lowest BCUT2D eigenvalue weighted by molar-refractivity contribution is -0.122. The zero-order valence-corrected chi connectivity index (χ0v) is 12.7. The summed E-state index contributed by atoms with van der Waals surface area (Å²) in [6, 6.07) is 10.8. The number of carbonyl (C=O) groups is 2. The average Bonchev–Trinajstić information content (AvgIpc) is 2.97. The van der Waals surface area contributed by atoms with E-state index >= 15 is 0 Å². The van der Waals surface area contributed by atoms with E-state index in [-0.39, 0.29) is 18.2 Å². The molecule has 0 saturated carbocycles. The number of hydrogen-bond donors (Lipinski definition) is 1. The Morgan fingerprint density at radius 2 is 2.13 bits per heavy atom. The molecule has 1 aliphatic rings. The van der Waals surface area contributed by atoms with Crippen molar-refractivity contribution in [3.63, 3.8) is 0 Å². The van der Waals surface area contributed by atoms with Crippen LogP contribution in [-0.4, -0.2) is 30.5 Å². The van der Waals surface area contributed by atoms with E-state index in [2.05, 4.69) is 10.3 Å². The van der Waals surface area contributed by atoms with Crippen LogP contribution >= 0.6 is 0 Å². The van der Waals surface area contributed by atoms with E-state index in [1.165, 1.54) is 0 Å². The number of benzene rings is 1. The van der Waals surface area contributed by atoms with Crippen molar-refractivity contribution >= 4 is 23.2 Å². The number of aromatic nitrogens is 1. The summed E-state index contributed by atoms with van der Waals surface area (Å²) in [6.45, 7) is 0.339. The van der Waals surface area contributed by atoms with Crippen LogP contribution in [-0.2, 0) is 9.59 Å². The van der Waals surface area contributed by atoms with Crippen LogP contribution < -0.4 is 15.0 Å². The van der Waals surface area contributed by atoms with Gasteiger partial charge in [0.1, 0.15) is 5.75 Å². The molecule has 0 bridgehead atoms. The number of pyridine rings is 1. The Morgan fingerprint density at radius 1 is 1.30 bits per heavy atom. The van der Waals surface area contributed by atoms with E-state index < -0.39 is 5.92 Å². The first-order valence-electron chi connectivity index (χ1n) is 7.33. The maximum atomic E-state index is 12.3. The lowest BCUT2D eigenvalue weighted by Gasteiger charge is -2.19. The number of ether oxygens (including phenoxy) is 1. The van der Waals surface area contributed by atoms with Gasteiger partial charge in [0.15, 0.2) is 0 Å². The molecule has 6 heteroatoms. The van der Waals surface area contributed by atoms with Crippen molar-refractivity contribution in [2.45, 2.75) is 6.42 Å². The van der Waals surface area contributed by atoms with E-state index in [4.69, 9.17) is 4.74 Å². The molecule has 0 spiro atoms. The highest BCUT2D eigenvalue weighted by atomic mass is 16.5. The summed E-state index contributed by atoms with van der Waals surface area (Å²) in [5.74, 6) is -0.0358. The van der Waals surface area contributed by atoms with Crippen molar-refractivity contribution in [2.75, 3.05) is 23.9 Å². The maximum Gasteiger partial charge on any atom is 0.229 e. The predicted molar refractivity (Wildman–Crippen MR) is 86.3 cm³/mol. The number of nitrogens with one attached hydrogen (secondary N) is 1. The van der Waals surface area contributed by atoms with Gasteiger partial charge in [-0.15, -0.1) is 0 Å². The first-order valence-corrected chi connectivity index (χ1v) is 7.33. The lowest BCUT2D eigenvalue weighted by atomic mass is 10.1. The van der Waals surface area contributed by atoms with Gasteiger partial charge in [0.2, 0.25) is 11.8 Å². The van der Waals surface area contributed by atoms with Crippen LogP contribution in [0.1, 0.15) is 6.42 Å². The highest BCUT2D eigenvalue weighted by Gasteiger charge is 2.36. The molecule has 2 heterocycles. The van der Waals surface area contributed by atoms with Gasteiger partial charge in [-0.25, -0.2) is 0 Å². The Labute approximate surface area is 134 Å². The van der Waals surface area contributed by atoms with Crippen molar-refractivity contribution < 1.29 is 14.3 Å². The topological polar surface area (TPSA) is 71.5 Å². The van der Waals surface area contributed by atoms with Crippen LogP contribution in [0.15, 0.2) is 48.8 Å². The fourth-order valence-electron chi connectivity index (χ4n) is 2.65. The minimum atomic E-state index is -0.396. The summed E-state index contributed by atoms with van der Waals surface area (Å²) in [4.78, 5) is 30.2. The molecule has 1 aromatic heterocycles. The number of anilines is 2.